The third-order valence-electron chi connectivity index (χ3n) is 6.38. The van der Waals surface area contributed by atoms with Crippen LogP contribution in [0.25, 0.3) is 0 Å². The minimum Gasteiger partial charge on any atom is -0.489 e. The van der Waals surface area contributed by atoms with E-state index >= 15 is 0 Å². The summed E-state index contributed by atoms with van der Waals surface area (Å²) in [5, 5.41) is 5.02. The predicted octanol–water partition coefficient (Wildman–Crippen LogP) is 4.64. The molecule has 0 unspecified atom stereocenters. The lowest BCUT2D eigenvalue weighted by Gasteiger charge is -2.37. The van der Waals surface area contributed by atoms with Gasteiger partial charge >= 0.3 is 0 Å². The molecule has 0 atom stereocenters. The zero-order valence-corrected chi connectivity index (χ0v) is 19.5. The van der Waals surface area contributed by atoms with Crippen molar-refractivity contribution < 1.29 is 9.53 Å². The molecule has 0 spiro atoms. The van der Waals surface area contributed by atoms with Gasteiger partial charge in [0, 0.05) is 32.4 Å². The summed E-state index contributed by atoms with van der Waals surface area (Å²) in [5.41, 5.74) is 1.79. The van der Waals surface area contributed by atoms with Crippen molar-refractivity contribution in [2.75, 3.05) is 26.7 Å². The van der Waals surface area contributed by atoms with E-state index in [0.717, 1.165) is 55.4 Å². The SMILES string of the molecule is CC(C)n1cc(C(=O)N(C)CC2CC(Oc3cccc(CN4CCCC4)c3Cl)C2)cn1. The first-order valence-corrected chi connectivity index (χ1v) is 11.7. The largest absolute Gasteiger partial charge is 0.489 e. The van der Waals surface area contributed by atoms with E-state index in [2.05, 4.69) is 16.1 Å². The molecule has 0 radical (unpaired) electrons. The molecule has 2 heterocycles. The van der Waals surface area contributed by atoms with Gasteiger partial charge in [-0.15, -0.1) is 0 Å². The van der Waals surface area contributed by atoms with Gasteiger partial charge in [0.15, 0.2) is 0 Å². The minimum absolute atomic E-state index is 0.0222. The molecule has 1 amide bonds. The number of carbonyl (C=O) groups is 1. The van der Waals surface area contributed by atoms with Gasteiger partial charge in [-0.1, -0.05) is 23.7 Å². The van der Waals surface area contributed by atoms with Crippen molar-refractivity contribution in [3.8, 4) is 5.75 Å². The van der Waals surface area contributed by atoms with Crippen LogP contribution in [-0.4, -0.2) is 58.3 Å². The minimum atomic E-state index is 0.0222. The lowest BCUT2D eigenvalue weighted by atomic mass is 9.82. The molecule has 4 rings (SSSR count). The molecule has 6 nitrogen and oxygen atoms in total. The summed E-state index contributed by atoms with van der Waals surface area (Å²) in [6.07, 6.45) is 8.07. The van der Waals surface area contributed by atoms with E-state index < -0.39 is 0 Å². The predicted molar refractivity (Wildman–Crippen MR) is 123 cm³/mol. The Kier molecular flexibility index (Phi) is 6.87. The van der Waals surface area contributed by atoms with E-state index in [-0.39, 0.29) is 18.1 Å². The number of halogens is 1. The normalized spacial score (nSPS) is 21.3. The number of rotatable bonds is 8. The van der Waals surface area contributed by atoms with Crippen LogP contribution in [0.1, 0.15) is 61.5 Å². The van der Waals surface area contributed by atoms with Crippen LogP contribution in [0.3, 0.4) is 0 Å². The molecule has 1 aromatic carbocycles. The maximum atomic E-state index is 12.7. The molecule has 1 saturated heterocycles. The second-order valence-corrected chi connectivity index (χ2v) is 9.66. The summed E-state index contributed by atoms with van der Waals surface area (Å²) < 4.78 is 8.02. The van der Waals surface area contributed by atoms with Crippen LogP contribution in [-0.2, 0) is 6.54 Å². The molecular weight excluding hydrogens is 412 g/mol. The maximum absolute atomic E-state index is 12.7. The van der Waals surface area contributed by atoms with Crippen molar-refractivity contribution >= 4 is 17.5 Å². The second-order valence-electron chi connectivity index (χ2n) is 9.28. The van der Waals surface area contributed by atoms with Crippen LogP contribution in [0, 0.1) is 5.92 Å². The summed E-state index contributed by atoms with van der Waals surface area (Å²) in [6.45, 7) is 8.02. The van der Waals surface area contributed by atoms with Crippen LogP contribution < -0.4 is 4.74 Å². The summed E-state index contributed by atoms with van der Waals surface area (Å²) in [5.74, 6) is 1.26. The Balaban J connectivity index is 1.26. The van der Waals surface area contributed by atoms with E-state index in [1.807, 2.05) is 43.9 Å². The van der Waals surface area contributed by atoms with Crippen LogP contribution in [0.2, 0.25) is 5.02 Å². The molecule has 2 fully saturated rings. The van der Waals surface area contributed by atoms with Crippen molar-refractivity contribution in [3.63, 3.8) is 0 Å². The molecule has 2 aromatic rings. The number of ether oxygens (including phenoxy) is 1. The van der Waals surface area contributed by atoms with E-state index in [0.29, 0.717) is 11.5 Å². The van der Waals surface area contributed by atoms with E-state index in [1.165, 1.54) is 12.8 Å². The second kappa shape index (κ2) is 9.61. The molecule has 31 heavy (non-hydrogen) atoms. The van der Waals surface area contributed by atoms with Crippen molar-refractivity contribution in [1.29, 1.82) is 0 Å². The molecule has 0 N–H and O–H groups in total. The molecule has 7 heteroatoms. The van der Waals surface area contributed by atoms with Gasteiger partial charge in [-0.05, 0) is 70.2 Å². The first-order chi connectivity index (χ1) is 14.9. The standard InChI is InChI=1S/C24H33ClN4O2/c1-17(2)29-16-20(13-26-29)24(30)27(3)14-18-11-21(12-18)31-22-8-6-7-19(23(22)25)15-28-9-4-5-10-28/h6-8,13,16-18,21H,4-5,9-12,14-15H2,1-3H3. The fourth-order valence-corrected chi connectivity index (χ4v) is 4.70. The lowest BCUT2D eigenvalue weighted by Crippen LogP contribution is -2.41. The Labute approximate surface area is 190 Å². The third-order valence-corrected chi connectivity index (χ3v) is 6.81. The molecule has 168 valence electrons. The number of likely N-dealkylation sites (tertiary alicyclic amines) is 1. The molecule has 1 aromatic heterocycles. The highest BCUT2D eigenvalue weighted by Crippen LogP contribution is 2.36. The van der Waals surface area contributed by atoms with Gasteiger partial charge in [-0.3, -0.25) is 14.4 Å². The number of hydrogen-bond donors (Lipinski definition) is 0. The smallest absolute Gasteiger partial charge is 0.256 e. The van der Waals surface area contributed by atoms with Gasteiger partial charge < -0.3 is 9.64 Å². The average Bonchev–Trinajstić information content (AvgIpc) is 3.40. The van der Waals surface area contributed by atoms with Crippen LogP contribution in [0.4, 0.5) is 0 Å². The summed E-state index contributed by atoms with van der Waals surface area (Å²) in [6, 6.07) is 6.34. The monoisotopic (exact) mass is 444 g/mol. The molecule has 2 aliphatic rings. The van der Waals surface area contributed by atoms with Gasteiger partial charge in [0.05, 0.1) is 22.9 Å². The molecular formula is C24H33ClN4O2. The van der Waals surface area contributed by atoms with Crippen LogP contribution >= 0.6 is 11.6 Å². The first-order valence-electron chi connectivity index (χ1n) is 11.4. The van der Waals surface area contributed by atoms with Gasteiger partial charge in [-0.25, -0.2) is 0 Å². The van der Waals surface area contributed by atoms with E-state index in [1.54, 1.807) is 11.1 Å². The van der Waals surface area contributed by atoms with Crippen molar-refractivity contribution in [2.24, 2.45) is 5.92 Å². The van der Waals surface area contributed by atoms with Crippen LogP contribution in [0.15, 0.2) is 30.6 Å². The zero-order valence-electron chi connectivity index (χ0n) is 18.8. The number of amides is 1. The Morgan fingerprint density at radius 3 is 2.71 bits per heavy atom. The Bertz CT molecular complexity index is 901. The highest BCUT2D eigenvalue weighted by molar-refractivity contribution is 6.32. The van der Waals surface area contributed by atoms with Gasteiger partial charge in [0.1, 0.15) is 5.75 Å². The topological polar surface area (TPSA) is 50.6 Å². The summed E-state index contributed by atoms with van der Waals surface area (Å²) >= 11 is 6.65. The Morgan fingerprint density at radius 2 is 2.03 bits per heavy atom. The van der Waals surface area contributed by atoms with Crippen LogP contribution in [0.5, 0.6) is 5.75 Å². The number of benzene rings is 1. The van der Waals surface area contributed by atoms with Gasteiger partial charge in [-0.2, -0.15) is 5.10 Å². The van der Waals surface area contributed by atoms with Gasteiger partial charge in [0.25, 0.3) is 5.91 Å². The Morgan fingerprint density at radius 1 is 1.29 bits per heavy atom. The summed E-state index contributed by atoms with van der Waals surface area (Å²) in [7, 11) is 1.86. The zero-order chi connectivity index (χ0) is 22.0. The van der Waals surface area contributed by atoms with E-state index in [9.17, 15) is 4.79 Å². The number of nitrogens with zero attached hydrogens (tertiary/aromatic N) is 4. The molecule has 0 bridgehead atoms. The average molecular weight is 445 g/mol. The quantitative estimate of drug-likeness (QED) is 0.595. The highest BCUT2D eigenvalue weighted by Gasteiger charge is 2.33. The van der Waals surface area contributed by atoms with Crippen molar-refractivity contribution in [3.05, 3.63) is 46.7 Å². The summed E-state index contributed by atoms with van der Waals surface area (Å²) in [4.78, 5) is 16.9. The number of aromatic nitrogens is 2. The maximum Gasteiger partial charge on any atom is 0.256 e. The molecule has 1 saturated carbocycles. The molecule has 1 aliphatic heterocycles. The third kappa shape index (κ3) is 5.24. The van der Waals surface area contributed by atoms with Gasteiger partial charge in [0.2, 0.25) is 0 Å². The fourth-order valence-electron chi connectivity index (χ4n) is 4.47. The first kappa shape index (κ1) is 22.2. The highest BCUT2D eigenvalue weighted by atomic mass is 35.5. The lowest BCUT2D eigenvalue weighted by molar-refractivity contribution is 0.0419. The molecule has 1 aliphatic carbocycles. The van der Waals surface area contributed by atoms with Crippen molar-refractivity contribution in [1.82, 2.24) is 19.6 Å². The van der Waals surface area contributed by atoms with E-state index in [4.69, 9.17) is 16.3 Å². The number of hydrogen-bond acceptors (Lipinski definition) is 4. The Hall–Kier alpha value is -2.05. The number of carbonyl (C=O) groups excluding carboxylic acids is 1. The van der Waals surface area contributed by atoms with Crippen molar-refractivity contribution in [2.45, 2.75) is 58.2 Å². The fraction of sp³-hybridized carbons (Fsp3) is 0.583.